The van der Waals surface area contributed by atoms with Gasteiger partial charge in [0.15, 0.2) is 11.5 Å². The van der Waals surface area contributed by atoms with Gasteiger partial charge in [0.2, 0.25) is 0 Å². The Morgan fingerprint density at radius 2 is 1.81 bits per heavy atom. The van der Waals surface area contributed by atoms with Crippen LogP contribution in [0.15, 0.2) is 24.5 Å². The molecule has 3 rings (SSSR count). The molecule has 1 aliphatic heterocycles. The summed E-state index contributed by atoms with van der Waals surface area (Å²) in [6.07, 6.45) is 2.57. The molecule has 1 aliphatic rings. The molecule has 26 heavy (non-hydrogen) atoms. The van der Waals surface area contributed by atoms with Crippen LogP contribution in [-0.4, -0.2) is 62.8 Å². The van der Waals surface area contributed by atoms with Crippen molar-refractivity contribution in [2.45, 2.75) is 13.0 Å². The van der Waals surface area contributed by atoms with Gasteiger partial charge in [0.25, 0.3) is 0 Å². The molecule has 7 nitrogen and oxygen atoms in total. The fourth-order valence-corrected chi connectivity index (χ4v) is 3.10. The van der Waals surface area contributed by atoms with Crippen LogP contribution in [0.5, 0.6) is 11.5 Å². The van der Waals surface area contributed by atoms with Crippen molar-refractivity contribution in [3.8, 4) is 11.5 Å². The summed E-state index contributed by atoms with van der Waals surface area (Å²) in [7, 11) is 7.45. The topological polar surface area (TPSA) is 62.8 Å². The van der Waals surface area contributed by atoms with E-state index in [2.05, 4.69) is 51.3 Å². The van der Waals surface area contributed by atoms with Crippen molar-refractivity contribution < 1.29 is 9.47 Å². The summed E-state index contributed by atoms with van der Waals surface area (Å²) < 4.78 is 10.9. The standard InChI is InChI=1S/C19H27N5O2/c1-23(2)8-6-20-18-11-19(22-13-21-18)24-7-5-14-9-16(25-3)17(26-4)10-15(14)12-24/h9-11,13H,5-8,12H2,1-4H3,(H,20,21,22). The predicted molar refractivity (Wildman–Crippen MR) is 103 cm³/mol. The number of nitrogens with one attached hydrogen (secondary N) is 1. The van der Waals surface area contributed by atoms with E-state index in [-0.39, 0.29) is 0 Å². The van der Waals surface area contributed by atoms with Gasteiger partial charge in [0, 0.05) is 32.2 Å². The summed E-state index contributed by atoms with van der Waals surface area (Å²) >= 11 is 0. The van der Waals surface area contributed by atoms with E-state index in [1.165, 1.54) is 11.1 Å². The van der Waals surface area contributed by atoms with Crippen LogP contribution >= 0.6 is 0 Å². The fourth-order valence-electron chi connectivity index (χ4n) is 3.10. The molecule has 0 saturated carbocycles. The van der Waals surface area contributed by atoms with Gasteiger partial charge in [0.05, 0.1) is 14.2 Å². The van der Waals surface area contributed by atoms with Crippen molar-refractivity contribution in [2.24, 2.45) is 0 Å². The Kier molecular flexibility index (Phi) is 5.78. The monoisotopic (exact) mass is 357 g/mol. The summed E-state index contributed by atoms with van der Waals surface area (Å²) in [5.74, 6) is 3.35. The molecule has 1 aromatic heterocycles. The van der Waals surface area contributed by atoms with Gasteiger partial charge in [-0.15, -0.1) is 0 Å². The van der Waals surface area contributed by atoms with E-state index < -0.39 is 0 Å². The molecular weight excluding hydrogens is 330 g/mol. The quantitative estimate of drug-likeness (QED) is 0.813. The van der Waals surface area contributed by atoms with Crippen LogP contribution in [0.1, 0.15) is 11.1 Å². The lowest BCUT2D eigenvalue weighted by molar-refractivity contribution is 0.353. The highest BCUT2D eigenvalue weighted by molar-refractivity contribution is 5.54. The number of fused-ring (bicyclic) bond motifs is 1. The maximum absolute atomic E-state index is 5.44. The second-order valence-electron chi connectivity index (χ2n) is 6.64. The molecule has 0 amide bonds. The lowest BCUT2D eigenvalue weighted by atomic mass is 9.99. The molecule has 0 bridgehead atoms. The van der Waals surface area contributed by atoms with Gasteiger partial charge in [-0.2, -0.15) is 0 Å². The number of benzene rings is 1. The minimum atomic E-state index is 0.766. The zero-order valence-electron chi connectivity index (χ0n) is 16.0. The average Bonchev–Trinajstić information content (AvgIpc) is 2.66. The van der Waals surface area contributed by atoms with E-state index in [4.69, 9.17) is 9.47 Å². The van der Waals surface area contributed by atoms with Crippen molar-refractivity contribution >= 4 is 11.6 Å². The molecule has 0 aliphatic carbocycles. The molecule has 0 atom stereocenters. The third-order valence-electron chi connectivity index (χ3n) is 4.56. The first kappa shape index (κ1) is 18.3. The van der Waals surface area contributed by atoms with Crippen molar-refractivity contribution in [2.75, 3.05) is 58.2 Å². The SMILES string of the molecule is COc1cc2c(cc1OC)CN(c1cc(NCCN(C)C)ncn1)CC2. The first-order valence-electron chi connectivity index (χ1n) is 8.80. The molecule has 0 unspecified atom stereocenters. The number of hydrogen-bond donors (Lipinski definition) is 1. The number of anilines is 2. The second-order valence-corrected chi connectivity index (χ2v) is 6.64. The lowest BCUT2D eigenvalue weighted by Crippen LogP contribution is -2.31. The van der Waals surface area contributed by atoms with Crippen LogP contribution < -0.4 is 19.7 Å². The minimum Gasteiger partial charge on any atom is -0.493 e. The first-order valence-corrected chi connectivity index (χ1v) is 8.80. The normalized spacial score (nSPS) is 13.5. The van der Waals surface area contributed by atoms with Crippen LogP contribution in [0.2, 0.25) is 0 Å². The van der Waals surface area contributed by atoms with Gasteiger partial charge in [-0.25, -0.2) is 9.97 Å². The largest absolute Gasteiger partial charge is 0.493 e. The number of nitrogens with zero attached hydrogens (tertiary/aromatic N) is 4. The molecule has 0 fully saturated rings. The molecule has 0 spiro atoms. The highest BCUT2D eigenvalue weighted by Crippen LogP contribution is 2.34. The van der Waals surface area contributed by atoms with Crippen LogP contribution in [-0.2, 0) is 13.0 Å². The van der Waals surface area contributed by atoms with Crippen molar-refractivity contribution in [1.29, 1.82) is 0 Å². The highest BCUT2D eigenvalue weighted by Gasteiger charge is 2.20. The smallest absolute Gasteiger partial charge is 0.161 e. The van der Waals surface area contributed by atoms with Gasteiger partial charge in [-0.3, -0.25) is 0 Å². The summed E-state index contributed by atoms with van der Waals surface area (Å²) in [6, 6.07) is 6.17. The number of methoxy groups -OCH3 is 2. The first-order chi connectivity index (χ1) is 12.6. The van der Waals surface area contributed by atoms with Gasteiger partial charge in [0.1, 0.15) is 18.0 Å². The third kappa shape index (κ3) is 4.16. The Hall–Kier alpha value is -2.54. The van der Waals surface area contributed by atoms with E-state index in [1.54, 1.807) is 20.5 Å². The summed E-state index contributed by atoms with van der Waals surface area (Å²) in [5.41, 5.74) is 2.55. The molecule has 2 heterocycles. The summed E-state index contributed by atoms with van der Waals surface area (Å²) in [5, 5.41) is 3.35. The molecule has 0 radical (unpaired) electrons. The summed E-state index contributed by atoms with van der Waals surface area (Å²) in [4.78, 5) is 13.2. The van der Waals surface area contributed by atoms with E-state index in [1.807, 2.05) is 6.07 Å². The zero-order valence-corrected chi connectivity index (χ0v) is 16.0. The van der Waals surface area contributed by atoms with Crippen LogP contribution in [0.3, 0.4) is 0 Å². The number of aromatic nitrogens is 2. The molecule has 0 saturated heterocycles. The molecule has 1 aromatic carbocycles. The number of likely N-dealkylation sites (N-methyl/N-ethyl adjacent to an activating group) is 1. The van der Waals surface area contributed by atoms with Crippen LogP contribution in [0, 0.1) is 0 Å². The number of ether oxygens (including phenoxy) is 2. The third-order valence-corrected chi connectivity index (χ3v) is 4.56. The van der Waals surface area contributed by atoms with E-state index in [9.17, 15) is 0 Å². The Morgan fingerprint density at radius 1 is 1.08 bits per heavy atom. The highest BCUT2D eigenvalue weighted by atomic mass is 16.5. The maximum Gasteiger partial charge on any atom is 0.161 e. The van der Waals surface area contributed by atoms with E-state index in [0.717, 1.165) is 55.7 Å². The van der Waals surface area contributed by atoms with Gasteiger partial charge in [-0.05, 0) is 43.8 Å². The Morgan fingerprint density at radius 3 is 2.50 bits per heavy atom. The van der Waals surface area contributed by atoms with Gasteiger partial charge < -0.3 is 24.6 Å². The molecular formula is C19H27N5O2. The van der Waals surface area contributed by atoms with E-state index in [0.29, 0.717) is 0 Å². The maximum atomic E-state index is 5.44. The minimum absolute atomic E-state index is 0.766. The van der Waals surface area contributed by atoms with Crippen LogP contribution in [0.4, 0.5) is 11.6 Å². The van der Waals surface area contributed by atoms with Crippen LogP contribution in [0.25, 0.3) is 0 Å². The number of hydrogen-bond acceptors (Lipinski definition) is 7. The Labute approximate surface area is 155 Å². The molecule has 7 heteroatoms. The van der Waals surface area contributed by atoms with Crippen molar-refractivity contribution in [3.63, 3.8) is 0 Å². The Bertz CT molecular complexity index is 751. The van der Waals surface area contributed by atoms with Gasteiger partial charge >= 0.3 is 0 Å². The van der Waals surface area contributed by atoms with Crippen molar-refractivity contribution in [3.05, 3.63) is 35.7 Å². The second kappa shape index (κ2) is 8.23. The zero-order chi connectivity index (χ0) is 18.5. The summed E-state index contributed by atoms with van der Waals surface area (Å²) in [6.45, 7) is 3.52. The number of rotatable bonds is 7. The lowest BCUT2D eigenvalue weighted by Gasteiger charge is -2.30. The molecule has 140 valence electrons. The van der Waals surface area contributed by atoms with E-state index >= 15 is 0 Å². The molecule has 1 N–H and O–H groups in total. The molecule has 2 aromatic rings. The average molecular weight is 357 g/mol. The predicted octanol–water partition coefficient (Wildman–Crippen LogP) is 2.03. The van der Waals surface area contributed by atoms with Gasteiger partial charge in [-0.1, -0.05) is 0 Å². The Balaban J connectivity index is 1.74. The fraction of sp³-hybridized carbons (Fsp3) is 0.474. The van der Waals surface area contributed by atoms with Crippen molar-refractivity contribution in [1.82, 2.24) is 14.9 Å².